The second kappa shape index (κ2) is 15.1. The van der Waals surface area contributed by atoms with Gasteiger partial charge in [-0.25, -0.2) is 8.42 Å². The number of aryl methyl sites for hydroxylation is 1. The highest BCUT2D eigenvalue weighted by Gasteiger charge is 2.35. The second-order valence-electron chi connectivity index (χ2n) is 10.5. The maximum atomic E-state index is 14.2. The summed E-state index contributed by atoms with van der Waals surface area (Å²) in [5, 5.41) is 3.78. The smallest absolute Gasteiger partial charge is 0.264 e. The quantitative estimate of drug-likeness (QED) is 0.218. The number of nitrogens with one attached hydrogen (secondary N) is 1. The summed E-state index contributed by atoms with van der Waals surface area (Å²) in [5.74, 6) is -0.579. The van der Waals surface area contributed by atoms with Crippen molar-refractivity contribution in [1.82, 2.24) is 10.2 Å². The van der Waals surface area contributed by atoms with Crippen molar-refractivity contribution in [2.45, 2.75) is 51.6 Å². The van der Waals surface area contributed by atoms with Gasteiger partial charge in [-0.15, -0.1) is 0 Å². The van der Waals surface area contributed by atoms with Crippen LogP contribution in [-0.4, -0.2) is 51.4 Å². The monoisotopic (exact) mass is 667 g/mol. The number of hydrogen-bond donors (Lipinski definition) is 1. The van der Waals surface area contributed by atoms with Gasteiger partial charge < -0.3 is 15.0 Å². The Hall–Kier alpha value is -2.98. The number of rotatable bonds is 13. The third-order valence-corrected chi connectivity index (χ3v) is 9.45. The van der Waals surface area contributed by atoms with Gasteiger partial charge in [0.05, 0.1) is 27.7 Å². The van der Waals surface area contributed by atoms with Crippen LogP contribution >= 0.6 is 34.8 Å². The van der Waals surface area contributed by atoms with E-state index in [1.807, 2.05) is 20.8 Å². The highest BCUT2D eigenvalue weighted by atomic mass is 35.5. The molecule has 12 heteroatoms. The number of benzene rings is 3. The zero-order valence-electron chi connectivity index (χ0n) is 24.7. The summed E-state index contributed by atoms with van der Waals surface area (Å²) in [5.41, 5.74) is 1.56. The molecular weight excluding hydrogens is 633 g/mol. The molecule has 0 saturated heterocycles. The molecule has 3 aromatic carbocycles. The van der Waals surface area contributed by atoms with E-state index < -0.39 is 28.5 Å². The number of carbonyl (C=O) groups is 2. The normalized spacial score (nSPS) is 12.1. The number of hydrogen-bond acceptors (Lipinski definition) is 5. The lowest BCUT2D eigenvalue weighted by atomic mass is 10.1. The van der Waals surface area contributed by atoms with Gasteiger partial charge in [0.25, 0.3) is 10.0 Å². The molecular formula is C31H36Cl3N3O5S. The van der Waals surface area contributed by atoms with Crippen LogP contribution in [0, 0.1) is 12.8 Å². The average Bonchev–Trinajstić information content (AvgIpc) is 2.96. The molecule has 0 radical (unpaired) electrons. The first-order valence-electron chi connectivity index (χ1n) is 13.7. The summed E-state index contributed by atoms with van der Waals surface area (Å²) in [6, 6.07) is 14.8. The van der Waals surface area contributed by atoms with E-state index >= 15 is 0 Å². The van der Waals surface area contributed by atoms with E-state index in [0.29, 0.717) is 17.1 Å². The first kappa shape index (κ1) is 34.5. The molecule has 0 aliphatic rings. The molecule has 0 aliphatic heterocycles. The van der Waals surface area contributed by atoms with Crippen molar-refractivity contribution < 1.29 is 22.7 Å². The summed E-state index contributed by atoms with van der Waals surface area (Å²) in [4.78, 5) is 29.0. The van der Waals surface area contributed by atoms with Crippen molar-refractivity contribution in [2.75, 3.05) is 24.5 Å². The van der Waals surface area contributed by atoms with Gasteiger partial charge in [-0.1, -0.05) is 79.3 Å². The molecule has 3 aromatic rings. The topological polar surface area (TPSA) is 96.0 Å². The van der Waals surface area contributed by atoms with Crippen molar-refractivity contribution in [3.05, 3.63) is 86.9 Å². The van der Waals surface area contributed by atoms with E-state index in [1.165, 1.54) is 36.3 Å². The maximum Gasteiger partial charge on any atom is 0.264 e. The van der Waals surface area contributed by atoms with Crippen LogP contribution in [0.2, 0.25) is 15.1 Å². The van der Waals surface area contributed by atoms with E-state index in [0.717, 1.165) is 9.87 Å². The lowest BCUT2D eigenvalue weighted by Crippen LogP contribution is -2.52. The molecule has 1 unspecified atom stereocenters. The van der Waals surface area contributed by atoms with Gasteiger partial charge in [-0.05, 0) is 67.3 Å². The molecule has 0 saturated carbocycles. The first-order valence-corrected chi connectivity index (χ1v) is 16.3. The molecule has 0 heterocycles. The standard InChI is InChI=1S/C31H36Cl3N3O5S/c1-6-27(31(39)35-17-20(2)3)36(18-22-9-13-25(33)26(34)15-22)30(38)19-37(28-16-23(32)10-14-29(28)42-5)43(40,41)24-11-7-21(4)8-12-24/h7-16,20,27H,6,17-19H2,1-5H3,(H,35,39). The van der Waals surface area contributed by atoms with Crippen molar-refractivity contribution in [2.24, 2.45) is 5.92 Å². The molecule has 0 bridgehead atoms. The molecule has 8 nitrogen and oxygen atoms in total. The Labute approximate surface area is 268 Å². The van der Waals surface area contributed by atoms with Crippen LogP contribution in [0.25, 0.3) is 0 Å². The average molecular weight is 669 g/mol. The Kier molecular flexibility index (Phi) is 12.2. The van der Waals surface area contributed by atoms with E-state index in [9.17, 15) is 18.0 Å². The molecule has 0 spiro atoms. The number of methoxy groups -OCH3 is 1. The third-order valence-electron chi connectivity index (χ3n) is 6.70. The summed E-state index contributed by atoms with van der Waals surface area (Å²) in [6.45, 7) is 7.32. The van der Waals surface area contributed by atoms with Crippen molar-refractivity contribution >= 4 is 62.3 Å². The second-order valence-corrected chi connectivity index (χ2v) is 13.6. The number of anilines is 1. The number of sulfonamides is 1. The molecule has 0 aromatic heterocycles. The summed E-state index contributed by atoms with van der Waals surface area (Å²) >= 11 is 18.7. The number of amides is 2. The number of nitrogens with zero attached hydrogens (tertiary/aromatic N) is 2. The van der Waals surface area contributed by atoms with Crippen LogP contribution < -0.4 is 14.4 Å². The van der Waals surface area contributed by atoms with E-state index in [-0.39, 0.29) is 51.2 Å². The predicted molar refractivity (Wildman–Crippen MR) is 173 cm³/mol. The molecule has 2 amide bonds. The zero-order chi connectivity index (χ0) is 31.9. The van der Waals surface area contributed by atoms with Gasteiger partial charge in [0.2, 0.25) is 11.8 Å². The minimum atomic E-state index is -4.30. The summed E-state index contributed by atoms with van der Waals surface area (Å²) < 4.78 is 34.7. The Bertz CT molecular complexity index is 1550. The van der Waals surface area contributed by atoms with Crippen molar-refractivity contribution in [3.63, 3.8) is 0 Å². The number of halogens is 3. The highest BCUT2D eigenvalue weighted by molar-refractivity contribution is 7.92. The largest absolute Gasteiger partial charge is 0.495 e. The summed E-state index contributed by atoms with van der Waals surface area (Å²) in [7, 11) is -2.90. The SMILES string of the molecule is CCC(C(=O)NCC(C)C)N(Cc1ccc(Cl)c(Cl)c1)C(=O)CN(c1cc(Cl)ccc1OC)S(=O)(=O)c1ccc(C)cc1. The van der Waals surface area contributed by atoms with Crippen LogP contribution in [0.1, 0.15) is 38.3 Å². The van der Waals surface area contributed by atoms with Crippen LogP contribution in [-0.2, 0) is 26.2 Å². The van der Waals surface area contributed by atoms with Gasteiger partial charge in [0.1, 0.15) is 18.3 Å². The van der Waals surface area contributed by atoms with Gasteiger partial charge in [-0.3, -0.25) is 13.9 Å². The molecule has 1 N–H and O–H groups in total. The highest BCUT2D eigenvalue weighted by Crippen LogP contribution is 2.35. The lowest BCUT2D eigenvalue weighted by molar-refractivity contribution is -0.140. The van der Waals surface area contributed by atoms with Crippen LogP contribution in [0.15, 0.2) is 65.6 Å². The fraction of sp³-hybridized carbons (Fsp3) is 0.355. The Morgan fingerprint density at radius 2 is 1.63 bits per heavy atom. The minimum absolute atomic E-state index is 0.0194. The Morgan fingerprint density at radius 1 is 0.953 bits per heavy atom. The molecule has 232 valence electrons. The predicted octanol–water partition coefficient (Wildman–Crippen LogP) is 6.74. The summed E-state index contributed by atoms with van der Waals surface area (Å²) in [6.07, 6.45) is 0.280. The van der Waals surface area contributed by atoms with Crippen LogP contribution in [0.3, 0.4) is 0 Å². The fourth-order valence-corrected chi connectivity index (χ4v) is 6.29. The zero-order valence-corrected chi connectivity index (χ0v) is 27.8. The molecule has 43 heavy (non-hydrogen) atoms. The first-order chi connectivity index (χ1) is 20.3. The van der Waals surface area contributed by atoms with E-state index in [1.54, 1.807) is 43.3 Å². The minimum Gasteiger partial charge on any atom is -0.495 e. The maximum absolute atomic E-state index is 14.2. The molecule has 0 fully saturated rings. The van der Waals surface area contributed by atoms with E-state index in [4.69, 9.17) is 39.5 Å². The lowest BCUT2D eigenvalue weighted by Gasteiger charge is -2.33. The third kappa shape index (κ3) is 8.79. The van der Waals surface area contributed by atoms with Crippen molar-refractivity contribution in [3.8, 4) is 5.75 Å². The van der Waals surface area contributed by atoms with Gasteiger partial charge in [-0.2, -0.15) is 0 Å². The Morgan fingerprint density at radius 3 is 2.21 bits per heavy atom. The van der Waals surface area contributed by atoms with Crippen LogP contribution in [0.4, 0.5) is 5.69 Å². The molecule has 1 atom stereocenters. The number of ether oxygens (including phenoxy) is 1. The van der Waals surface area contributed by atoms with Crippen molar-refractivity contribution in [1.29, 1.82) is 0 Å². The van der Waals surface area contributed by atoms with E-state index in [2.05, 4.69) is 5.32 Å². The van der Waals surface area contributed by atoms with Crippen LogP contribution in [0.5, 0.6) is 5.75 Å². The van der Waals surface area contributed by atoms with Gasteiger partial charge in [0, 0.05) is 18.1 Å². The molecule has 0 aliphatic carbocycles. The fourth-order valence-electron chi connectivity index (χ4n) is 4.39. The molecule has 3 rings (SSSR count). The number of carbonyl (C=O) groups excluding carboxylic acids is 2. The van der Waals surface area contributed by atoms with Gasteiger partial charge >= 0.3 is 0 Å². The van der Waals surface area contributed by atoms with Gasteiger partial charge in [0.15, 0.2) is 0 Å². The Balaban J connectivity index is 2.13.